The standard InChI is InChI=1S/C13H19IN2O/c1-3-11-8-17-9(2)7-16(11)13-5-4-10(14)6-12(13)15/h4-6,9,11H,3,7-8,15H2,1-2H3. The van der Waals surface area contributed by atoms with Crippen molar-refractivity contribution >= 4 is 34.0 Å². The van der Waals surface area contributed by atoms with Crippen LogP contribution in [0.3, 0.4) is 0 Å². The maximum absolute atomic E-state index is 6.13. The Balaban J connectivity index is 2.28. The Morgan fingerprint density at radius 2 is 2.29 bits per heavy atom. The summed E-state index contributed by atoms with van der Waals surface area (Å²) in [6.07, 6.45) is 1.36. The number of hydrogen-bond acceptors (Lipinski definition) is 3. The average Bonchev–Trinajstić information content (AvgIpc) is 2.29. The van der Waals surface area contributed by atoms with E-state index in [0.717, 1.165) is 30.9 Å². The summed E-state index contributed by atoms with van der Waals surface area (Å²) in [5.41, 5.74) is 8.14. The molecule has 0 saturated carbocycles. The summed E-state index contributed by atoms with van der Waals surface area (Å²) in [4.78, 5) is 2.39. The zero-order valence-corrected chi connectivity index (χ0v) is 12.5. The van der Waals surface area contributed by atoms with Crippen molar-refractivity contribution in [2.75, 3.05) is 23.8 Å². The SMILES string of the molecule is CCC1COC(C)CN1c1ccc(I)cc1N. The molecule has 17 heavy (non-hydrogen) atoms. The fourth-order valence-electron chi connectivity index (χ4n) is 2.26. The Labute approximate surface area is 116 Å². The minimum absolute atomic E-state index is 0.275. The number of anilines is 2. The zero-order chi connectivity index (χ0) is 12.4. The van der Waals surface area contributed by atoms with Gasteiger partial charge in [0.15, 0.2) is 0 Å². The second-order valence-corrected chi connectivity index (χ2v) is 5.81. The summed E-state index contributed by atoms with van der Waals surface area (Å²) in [6, 6.07) is 6.70. The molecule has 2 N–H and O–H groups in total. The maximum atomic E-state index is 6.13. The topological polar surface area (TPSA) is 38.5 Å². The Kier molecular flexibility index (Phi) is 4.14. The fraction of sp³-hybridized carbons (Fsp3) is 0.538. The lowest BCUT2D eigenvalue weighted by atomic mass is 10.1. The van der Waals surface area contributed by atoms with Gasteiger partial charge < -0.3 is 15.4 Å². The molecule has 1 aliphatic heterocycles. The molecule has 1 aliphatic rings. The summed E-state index contributed by atoms with van der Waals surface area (Å²) in [7, 11) is 0. The van der Waals surface area contributed by atoms with Crippen LogP contribution in [0.5, 0.6) is 0 Å². The van der Waals surface area contributed by atoms with Crippen molar-refractivity contribution in [2.24, 2.45) is 0 Å². The molecule has 2 atom stereocenters. The molecule has 0 aliphatic carbocycles. The molecule has 1 saturated heterocycles. The predicted molar refractivity (Wildman–Crippen MR) is 80.4 cm³/mol. The molecule has 0 radical (unpaired) electrons. The molecule has 0 spiro atoms. The van der Waals surface area contributed by atoms with Gasteiger partial charge in [0.25, 0.3) is 0 Å². The molecule has 1 fully saturated rings. The molecule has 1 heterocycles. The first-order chi connectivity index (χ1) is 8.11. The molecule has 94 valence electrons. The van der Waals surface area contributed by atoms with Gasteiger partial charge in [-0.25, -0.2) is 0 Å². The quantitative estimate of drug-likeness (QED) is 0.661. The van der Waals surface area contributed by atoms with Crippen LogP contribution in [0.25, 0.3) is 0 Å². The Hall–Kier alpha value is -0.490. The van der Waals surface area contributed by atoms with Crippen molar-refractivity contribution in [3.05, 3.63) is 21.8 Å². The lowest BCUT2D eigenvalue weighted by molar-refractivity contribution is 0.0300. The molecule has 2 unspecified atom stereocenters. The second kappa shape index (κ2) is 5.44. The van der Waals surface area contributed by atoms with Gasteiger partial charge in [0, 0.05) is 10.1 Å². The summed E-state index contributed by atoms with van der Waals surface area (Å²) in [6.45, 7) is 6.02. The molecule has 1 aromatic carbocycles. The predicted octanol–water partition coefficient (Wildman–Crippen LogP) is 2.88. The lowest BCUT2D eigenvalue weighted by Gasteiger charge is -2.40. The molecule has 2 rings (SSSR count). The lowest BCUT2D eigenvalue weighted by Crippen LogP contribution is -2.48. The molecular formula is C13H19IN2O. The van der Waals surface area contributed by atoms with E-state index in [1.54, 1.807) is 0 Å². The van der Waals surface area contributed by atoms with Gasteiger partial charge in [0.1, 0.15) is 0 Å². The van der Waals surface area contributed by atoms with E-state index in [4.69, 9.17) is 10.5 Å². The minimum atomic E-state index is 0.275. The molecule has 3 nitrogen and oxygen atoms in total. The van der Waals surface area contributed by atoms with E-state index >= 15 is 0 Å². The van der Waals surface area contributed by atoms with Gasteiger partial charge in [0.05, 0.1) is 30.1 Å². The Bertz CT molecular complexity index is 397. The molecule has 0 aromatic heterocycles. The Morgan fingerprint density at radius 1 is 1.53 bits per heavy atom. The summed E-state index contributed by atoms with van der Waals surface area (Å²) >= 11 is 2.29. The van der Waals surface area contributed by atoms with Gasteiger partial charge in [-0.05, 0) is 54.1 Å². The first-order valence-corrected chi connectivity index (χ1v) is 7.13. The third-order valence-electron chi connectivity index (χ3n) is 3.24. The van der Waals surface area contributed by atoms with Gasteiger partial charge in [0.2, 0.25) is 0 Å². The van der Waals surface area contributed by atoms with Crippen LogP contribution < -0.4 is 10.6 Å². The monoisotopic (exact) mass is 346 g/mol. The molecular weight excluding hydrogens is 327 g/mol. The second-order valence-electron chi connectivity index (χ2n) is 4.56. The van der Waals surface area contributed by atoms with Crippen molar-refractivity contribution in [1.82, 2.24) is 0 Å². The smallest absolute Gasteiger partial charge is 0.0723 e. The van der Waals surface area contributed by atoms with E-state index in [0.29, 0.717) is 6.04 Å². The molecule has 1 aromatic rings. The van der Waals surface area contributed by atoms with Gasteiger partial charge >= 0.3 is 0 Å². The fourth-order valence-corrected chi connectivity index (χ4v) is 2.78. The van der Waals surface area contributed by atoms with E-state index < -0.39 is 0 Å². The van der Waals surface area contributed by atoms with Crippen LogP contribution in [0.4, 0.5) is 11.4 Å². The van der Waals surface area contributed by atoms with Crippen LogP contribution >= 0.6 is 22.6 Å². The van der Waals surface area contributed by atoms with Crippen LogP contribution in [0.15, 0.2) is 18.2 Å². The summed E-state index contributed by atoms with van der Waals surface area (Å²) in [5.74, 6) is 0. The summed E-state index contributed by atoms with van der Waals surface area (Å²) < 4.78 is 6.89. The van der Waals surface area contributed by atoms with E-state index in [2.05, 4.69) is 53.5 Å². The number of nitrogens with two attached hydrogens (primary N) is 1. The van der Waals surface area contributed by atoms with E-state index in [1.165, 1.54) is 3.57 Å². The molecule has 4 heteroatoms. The van der Waals surface area contributed by atoms with Gasteiger partial charge in [-0.15, -0.1) is 0 Å². The van der Waals surface area contributed by atoms with Crippen LogP contribution in [-0.4, -0.2) is 25.3 Å². The number of nitrogens with zero attached hydrogens (tertiary/aromatic N) is 1. The molecule has 0 bridgehead atoms. The first-order valence-electron chi connectivity index (χ1n) is 6.05. The highest BCUT2D eigenvalue weighted by molar-refractivity contribution is 14.1. The largest absolute Gasteiger partial charge is 0.397 e. The highest BCUT2D eigenvalue weighted by atomic mass is 127. The third-order valence-corrected chi connectivity index (χ3v) is 3.91. The number of rotatable bonds is 2. The molecule has 0 amide bonds. The van der Waals surface area contributed by atoms with Crippen molar-refractivity contribution in [2.45, 2.75) is 32.4 Å². The van der Waals surface area contributed by atoms with Gasteiger partial charge in [-0.2, -0.15) is 0 Å². The number of hydrogen-bond donors (Lipinski definition) is 1. The minimum Gasteiger partial charge on any atom is -0.397 e. The highest BCUT2D eigenvalue weighted by Gasteiger charge is 2.26. The number of nitrogen functional groups attached to an aromatic ring is 1. The van der Waals surface area contributed by atoms with Crippen LogP contribution in [0.1, 0.15) is 20.3 Å². The van der Waals surface area contributed by atoms with Crippen LogP contribution in [-0.2, 0) is 4.74 Å². The van der Waals surface area contributed by atoms with Crippen molar-refractivity contribution in [3.8, 4) is 0 Å². The van der Waals surface area contributed by atoms with Crippen molar-refractivity contribution in [3.63, 3.8) is 0 Å². The highest BCUT2D eigenvalue weighted by Crippen LogP contribution is 2.29. The third kappa shape index (κ3) is 2.85. The number of halogens is 1. The number of morpholine rings is 1. The van der Waals surface area contributed by atoms with Crippen molar-refractivity contribution in [1.29, 1.82) is 0 Å². The summed E-state index contributed by atoms with van der Waals surface area (Å²) in [5, 5.41) is 0. The first kappa shape index (κ1) is 13.0. The van der Waals surface area contributed by atoms with Gasteiger partial charge in [-0.1, -0.05) is 6.92 Å². The van der Waals surface area contributed by atoms with Gasteiger partial charge in [-0.3, -0.25) is 0 Å². The zero-order valence-electron chi connectivity index (χ0n) is 10.3. The average molecular weight is 346 g/mol. The number of ether oxygens (including phenoxy) is 1. The van der Waals surface area contributed by atoms with E-state index in [1.807, 2.05) is 6.07 Å². The van der Waals surface area contributed by atoms with Crippen LogP contribution in [0, 0.1) is 3.57 Å². The maximum Gasteiger partial charge on any atom is 0.0723 e. The number of benzene rings is 1. The van der Waals surface area contributed by atoms with Crippen LogP contribution in [0.2, 0.25) is 0 Å². The van der Waals surface area contributed by atoms with E-state index in [9.17, 15) is 0 Å². The normalized spacial score (nSPS) is 25.0. The van der Waals surface area contributed by atoms with E-state index in [-0.39, 0.29) is 6.10 Å². The van der Waals surface area contributed by atoms with Crippen molar-refractivity contribution < 1.29 is 4.74 Å². The Morgan fingerprint density at radius 3 is 2.94 bits per heavy atom.